The third-order valence-electron chi connectivity index (χ3n) is 6.79. The zero-order valence-corrected chi connectivity index (χ0v) is 23.1. The number of urea groups is 1. The van der Waals surface area contributed by atoms with E-state index in [0.717, 1.165) is 35.8 Å². The third kappa shape index (κ3) is 6.93. The Balaban J connectivity index is 1.56. The molecule has 2 aliphatic rings. The Morgan fingerprint density at radius 3 is 2.47 bits per heavy atom. The second kappa shape index (κ2) is 12.0. The number of nitrogens with one attached hydrogen (secondary N) is 1. The smallest absolute Gasteiger partial charge is 0.318 e. The second-order valence-corrected chi connectivity index (χ2v) is 10.8. The highest BCUT2D eigenvalue weighted by Gasteiger charge is 2.35. The molecule has 10 heteroatoms. The summed E-state index contributed by atoms with van der Waals surface area (Å²) < 4.78 is 12.8. The fourth-order valence-electron chi connectivity index (χ4n) is 4.72. The van der Waals surface area contributed by atoms with Crippen molar-refractivity contribution in [1.82, 2.24) is 24.7 Å². The fourth-order valence-corrected chi connectivity index (χ4v) is 4.72. The normalized spacial score (nSPS) is 18.3. The molecule has 0 saturated carbocycles. The van der Waals surface area contributed by atoms with E-state index >= 15 is 0 Å². The Morgan fingerprint density at radius 2 is 1.87 bits per heavy atom. The Morgan fingerprint density at radius 1 is 1.16 bits per heavy atom. The van der Waals surface area contributed by atoms with Crippen LogP contribution < -0.4 is 10.1 Å². The molecule has 38 heavy (non-hydrogen) atoms. The summed E-state index contributed by atoms with van der Waals surface area (Å²) in [4.78, 5) is 30.9. The zero-order valence-electron chi connectivity index (χ0n) is 23.1. The number of aromatic nitrogens is 1. The average molecular weight is 525 g/mol. The highest BCUT2D eigenvalue weighted by molar-refractivity contribution is 6.02. The van der Waals surface area contributed by atoms with Gasteiger partial charge in [0, 0.05) is 51.4 Å². The van der Waals surface area contributed by atoms with E-state index in [4.69, 9.17) is 14.6 Å². The molecule has 0 aliphatic carbocycles. The summed E-state index contributed by atoms with van der Waals surface area (Å²) in [6, 6.07) is 11.2. The van der Waals surface area contributed by atoms with E-state index < -0.39 is 5.54 Å². The maximum absolute atomic E-state index is 13.8. The SMILES string of the molecule is COc1ccc(C2CC(c3cccn3C)=NN2C(=O)CN(CCN2CCOCC2)C(=O)NC(C)(C)C)cc1. The molecular weight excluding hydrogens is 484 g/mol. The number of hydrogen-bond acceptors (Lipinski definition) is 6. The van der Waals surface area contributed by atoms with Crippen molar-refractivity contribution in [3.63, 3.8) is 0 Å². The first kappa shape index (κ1) is 27.7. The van der Waals surface area contributed by atoms with Gasteiger partial charge in [-0.05, 0) is 50.6 Å². The molecule has 3 heterocycles. The van der Waals surface area contributed by atoms with Crippen LogP contribution in [0.4, 0.5) is 4.79 Å². The standard InChI is InChI=1S/C28H40N6O4/c1-28(2,3)29-27(36)33(14-13-32-15-17-38-18-16-32)20-26(35)34-25(21-8-10-22(37-5)11-9-21)19-23(30-34)24-7-6-12-31(24)4/h6-12,25H,13-20H2,1-5H3,(H,29,36). The van der Waals surface area contributed by atoms with Crippen molar-refractivity contribution in [3.8, 4) is 5.75 Å². The van der Waals surface area contributed by atoms with Crippen molar-refractivity contribution in [2.24, 2.45) is 12.1 Å². The Labute approximate surface area is 225 Å². The maximum Gasteiger partial charge on any atom is 0.318 e. The number of hydrogen-bond donors (Lipinski definition) is 1. The number of methoxy groups -OCH3 is 1. The van der Waals surface area contributed by atoms with E-state index in [2.05, 4.69) is 10.2 Å². The molecule has 3 amide bonds. The van der Waals surface area contributed by atoms with Gasteiger partial charge in [0.05, 0.1) is 37.8 Å². The number of carbonyl (C=O) groups is 2. The van der Waals surface area contributed by atoms with Crippen molar-refractivity contribution >= 4 is 17.6 Å². The monoisotopic (exact) mass is 524 g/mol. The molecule has 4 rings (SSSR count). The van der Waals surface area contributed by atoms with Gasteiger partial charge in [-0.3, -0.25) is 9.69 Å². The average Bonchev–Trinajstić information content (AvgIpc) is 3.52. The third-order valence-corrected chi connectivity index (χ3v) is 6.79. The Kier molecular flexibility index (Phi) is 8.73. The molecule has 0 spiro atoms. The molecule has 1 N–H and O–H groups in total. The number of benzene rings is 1. The summed E-state index contributed by atoms with van der Waals surface area (Å²) in [6.45, 7) is 9.84. The van der Waals surface area contributed by atoms with E-state index in [1.807, 2.05) is 75.0 Å². The summed E-state index contributed by atoms with van der Waals surface area (Å²) in [6.07, 6.45) is 2.55. The number of hydrazone groups is 1. The molecule has 1 saturated heterocycles. The lowest BCUT2D eigenvalue weighted by molar-refractivity contribution is -0.133. The van der Waals surface area contributed by atoms with Crippen LogP contribution in [-0.2, 0) is 16.6 Å². The molecule has 1 aromatic heterocycles. The van der Waals surface area contributed by atoms with Crippen LogP contribution in [0.2, 0.25) is 0 Å². The van der Waals surface area contributed by atoms with Gasteiger partial charge in [-0.1, -0.05) is 12.1 Å². The summed E-state index contributed by atoms with van der Waals surface area (Å²) >= 11 is 0. The van der Waals surface area contributed by atoms with Crippen LogP contribution in [0.15, 0.2) is 47.7 Å². The maximum atomic E-state index is 13.8. The van der Waals surface area contributed by atoms with Crippen LogP contribution >= 0.6 is 0 Å². The van der Waals surface area contributed by atoms with Gasteiger partial charge >= 0.3 is 6.03 Å². The van der Waals surface area contributed by atoms with E-state index in [1.54, 1.807) is 17.0 Å². The molecule has 1 aromatic carbocycles. The molecule has 1 fully saturated rings. The number of morpholine rings is 1. The zero-order chi connectivity index (χ0) is 27.3. The number of aryl methyl sites for hydroxylation is 1. The number of amides is 3. The van der Waals surface area contributed by atoms with E-state index in [-0.39, 0.29) is 24.5 Å². The molecule has 206 valence electrons. The predicted octanol–water partition coefficient (Wildman–Crippen LogP) is 2.85. The first-order valence-corrected chi connectivity index (χ1v) is 13.2. The molecule has 2 aliphatic heterocycles. The lowest BCUT2D eigenvalue weighted by atomic mass is 10.0. The lowest BCUT2D eigenvalue weighted by Gasteiger charge is -2.32. The molecule has 0 bridgehead atoms. The van der Waals surface area contributed by atoms with Crippen LogP contribution in [0, 0.1) is 0 Å². The first-order chi connectivity index (χ1) is 18.1. The van der Waals surface area contributed by atoms with Crippen LogP contribution in [-0.4, -0.2) is 95.6 Å². The predicted molar refractivity (Wildman–Crippen MR) is 146 cm³/mol. The molecule has 2 aromatic rings. The molecule has 10 nitrogen and oxygen atoms in total. The number of carbonyl (C=O) groups excluding carboxylic acids is 2. The van der Waals surface area contributed by atoms with E-state index in [0.29, 0.717) is 32.7 Å². The lowest BCUT2D eigenvalue weighted by Crippen LogP contribution is -2.53. The highest BCUT2D eigenvalue weighted by Crippen LogP contribution is 2.33. The van der Waals surface area contributed by atoms with Crippen molar-refractivity contribution in [2.45, 2.75) is 38.8 Å². The van der Waals surface area contributed by atoms with Crippen LogP contribution in [0.3, 0.4) is 0 Å². The number of ether oxygens (including phenoxy) is 2. The summed E-state index contributed by atoms with van der Waals surface area (Å²) in [5, 5.41) is 9.36. The van der Waals surface area contributed by atoms with Crippen molar-refractivity contribution in [3.05, 3.63) is 53.9 Å². The first-order valence-electron chi connectivity index (χ1n) is 13.2. The topological polar surface area (TPSA) is 91.6 Å². The fraction of sp³-hybridized carbons (Fsp3) is 0.536. The Hall–Kier alpha value is -3.37. The van der Waals surface area contributed by atoms with E-state index in [1.165, 1.54) is 0 Å². The van der Waals surface area contributed by atoms with Crippen LogP contribution in [0.25, 0.3) is 0 Å². The Bertz CT molecular complexity index is 1130. The number of rotatable bonds is 8. The highest BCUT2D eigenvalue weighted by atomic mass is 16.5. The van der Waals surface area contributed by atoms with Gasteiger partial charge in [0.15, 0.2) is 0 Å². The molecule has 1 atom stereocenters. The van der Waals surface area contributed by atoms with Gasteiger partial charge in [-0.25, -0.2) is 9.80 Å². The largest absolute Gasteiger partial charge is 0.497 e. The van der Waals surface area contributed by atoms with Crippen molar-refractivity contribution < 1.29 is 19.1 Å². The van der Waals surface area contributed by atoms with Gasteiger partial charge in [0.2, 0.25) is 0 Å². The summed E-state index contributed by atoms with van der Waals surface area (Å²) in [7, 11) is 3.60. The minimum atomic E-state index is -0.422. The van der Waals surface area contributed by atoms with Crippen molar-refractivity contribution in [1.29, 1.82) is 0 Å². The summed E-state index contributed by atoms with van der Waals surface area (Å²) in [5.74, 6) is 0.530. The van der Waals surface area contributed by atoms with Crippen molar-refractivity contribution in [2.75, 3.05) is 53.0 Å². The van der Waals surface area contributed by atoms with E-state index in [9.17, 15) is 9.59 Å². The molecule has 0 radical (unpaired) electrons. The summed E-state index contributed by atoms with van der Waals surface area (Å²) in [5.41, 5.74) is 2.35. The van der Waals surface area contributed by atoms with Gasteiger partial charge in [0.25, 0.3) is 5.91 Å². The number of nitrogens with zero attached hydrogens (tertiary/aromatic N) is 5. The van der Waals surface area contributed by atoms with Gasteiger partial charge < -0.3 is 24.3 Å². The van der Waals surface area contributed by atoms with Crippen LogP contribution in [0.1, 0.15) is 44.5 Å². The quantitative estimate of drug-likeness (QED) is 0.574. The second-order valence-electron chi connectivity index (χ2n) is 10.8. The van der Waals surface area contributed by atoms with Gasteiger partial charge in [0.1, 0.15) is 12.3 Å². The molecule has 1 unspecified atom stereocenters. The van der Waals surface area contributed by atoms with Crippen LogP contribution in [0.5, 0.6) is 5.75 Å². The van der Waals surface area contributed by atoms with Gasteiger partial charge in [-0.15, -0.1) is 0 Å². The molecular formula is C28H40N6O4. The van der Waals surface area contributed by atoms with Gasteiger partial charge in [-0.2, -0.15) is 5.10 Å². The minimum absolute atomic E-state index is 0.0666. The minimum Gasteiger partial charge on any atom is -0.497 e.